The number of amides is 2. The fourth-order valence-corrected chi connectivity index (χ4v) is 2.15. The summed E-state index contributed by atoms with van der Waals surface area (Å²) < 4.78 is 0. The average Bonchev–Trinajstić information content (AvgIpc) is 2.76. The second-order valence-electron chi connectivity index (χ2n) is 4.67. The van der Waals surface area contributed by atoms with Crippen LogP contribution in [0, 0.1) is 0 Å². The number of urea groups is 1. The number of carboxylic acids is 1. The summed E-state index contributed by atoms with van der Waals surface area (Å²) in [5, 5.41) is 13.7. The van der Waals surface area contributed by atoms with E-state index in [0.29, 0.717) is 31.5 Å². The van der Waals surface area contributed by atoms with Gasteiger partial charge < -0.3 is 15.7 Å². The third kappa shape index (κ3) is 3.57. The zero-order valence-electron chi connectivity index (χ0n) is 10.9. The summed E-state index contributed by atoms with van der Waals surface area (Å²) in [6, 6.07) is 4.85. The maximum absolute atomic E-state index is 11.6. The molecule has 0 heterocycles. The summed E-state index contributed by atoms with van der Waals surface area (Å²) >= 11 is 0. The van der Waals surface area contributed by atoms with Gasteiger partial charge in [0.25, 0.3) is 0 Å². The van der Waals surface area contributed by atoms with Gasteiger partial charge in [0.1, 0.15) is 0 Å². The summed E-state index contributed by atoms with van der Waals surface area (Å²) in [6.07, 6.45) is 1.66. The molecule has 2 amide bonds. The molecule has 20 heavy (non-hydrogen) atoms. The van der Waals surface area contributed by atoms with Crippen LogP contribution in [-0.4, -0.2) is 29.4 Å². The molecule has 0 saturated heterocycles. The molecule has 0 bridgehead atoms. The maximum Gasteiger partial charge on any atom is 0.319 e. The highest BCUT2D eigenvalue weighted by atomic mass is 16.4. The molecule has 0 unspecified atom stereocenters. The highest BCUT2D eigenvalue weighted by molar-refractivity contribution is 6.01. The van der Waals surface area contributed by atoms with Crippen molar-refractivity contribution < 1.29 is 19.5 Å². The van der Waals surface area contributed by atoms with Gasteiger partial charge in [0.15, 0.2) is 5.78 Å². The lowest BCUT2D eigenvalue weighted by atomic mass is 10.1. The lowest BCUT2D eigenvalue weighted by molar-refractivity contribution is -0.137. The van der Waals surface area contributed by atoms with Crippen LogP contribution in [0.3, 0.4) is 0 Å². The number of anilines is 1. The number of carbonyl (C=O) groups is 3. The quantitative estimate of drug-likeness (QED) is 0.714. The van der Waals surface area contributed by atoms with Crippen molar-refractivity contribution in [1.82, 2.24) is 5.32 Å². The van der Waals surface area contributed by atoms with Crippen LogP contribution in [0.2, 0.25) is 0 Å². The van der Waals surface area contributed by atoms with Gasteiger partial charge in [-0.25, -0.2) is 4.79 Å². The predicted molar refractivity (Wildman–Crippen MR) is 73.0 cm³/mol. The normalized spacial score (nSPS) is 12.9. The lowest BCUT2D eigenvalue weighted by Crippen LogP contribution is -2.29. The zero-order chi connectivity index (χ0) is 14.5. The zero-order valence-corrected chi connectivity index (χ0v) is 10.9. The van der Waals surface area contributed by atoms with E-state index in [1.165, 1.54) is 0 Å². The Morgan fingerprint density at radius 2 is 2.05 bits per heavy atom. The van der Waals surface area contributed by atoms with Gasteiger partial charge in [-0.15, -0.1) is 0 Å². The second-order valence-corrected chi connectivity index (χ2v) is 4.67. The van der Waals surface area contributed by atoms with Crippen molar-refractivity contribution in [3.05, 3.63) is 29.3 Å². The molecule has 6 nitrogen and oxygen atoms in total. The number of Topliss-reactive ketones (excluding diaryl/α,β-unsaturated/α-hetero) is 1. The molecular weight excluding hydrogens is 260 g/mol. The van der Waals surface area contributed by atoms with Crippen LogP contribution in [-0.2, 0) is 11.2 Å². The number of benzene rings is 1. The minimum absolute atomic E-state index is 0.0290. The van der Waals surface area contributed by atoms with Gasteiger partial charge >= 0.3 is 12.0 Å². The third-order valence-corrected chi connectivity index (χ3v) is 3.14. The predicted octanol–water partition coefficient (Wildman–Crippen LogP) is 1.80. The maximum atomic E-state index is 11.6. The number of carbonyl (C=O) groups excluding carboxylic acids is 2. The molecule has 0 aliphatic heterocycles. The Morgan fingerprint density at radius 1 is 1.25 bits per heavy atom. The van der Waals surface area contributed by atoms with E-state index in [-0.39, 0.29) is 18.2 Å². The summed E-state index contributed by atoms with van der Waals surface area (Å²) in [6.45, 7) is 0.307. The van der Waals surface area contributed by atoms with Crippen molar-refractivity contribution in [3.63, 3.8) is 0 Å². The Kier molecular flexibility index (Phi) is 4.34. The summed E-state index contributed by atoms with van der Waals surface area (Å²) in [5.74, 6) is -0.736. The molecule has 0 atom stereocenters. The molecule has 0 fully saturated rings. The molecule has 1 aliphatic carbocycles. The highest BCUT2D eigenvalue weighted by Crippen LogP contribution is 2.24. The van der Waals surface area contributed by atoms with E-state index in [2.05, 4.69) is 10.6 Å². The molecule has 106 valence electrons. The summed E-state index contributed by atoms with van der Waals surface area (Å²) in [7, 11) is 0. The molecule has 0 radical (unpaired) electrons. The minimum atomic E-state index is -0.879. The number of ketones is 1. The SMILES string of the molecule is O=C(O)CCCNC(=O)Nc1ccc2c(c1)CCC2=O. The van der Waals surface area contributed by atoms with Gasteiger partial charge in [-0.05, 0) is 36.6 Å². The van der Waals surface area contributed by atoms with Crippen molar-refractivity contribution in [2.24, 2.45) is 0 Å². The lowest BCUT2D eigenvalue weighted by Gasteiger charge is -2.08. The first kappa shape index (κ1) is 14.0. The Balaban J connectivity index is 1.83. The summed E-state index contributed by atoms with van der Waals surface area (Å²) in [4.78, 5) is 33.4. The van der Waals surface area contributed by atoms with E-state index in [0.717, 1.165) is 11.1 Å². The molecule has 1 aromatic carbocycles. The Labute approximate surface area is 116 Å². The standard InChI is InChI=1S/C14H16N2O4/c17-12-6-3-9-8-10(4-5-11(9)12)16-14(20)15-7-1-2-13(18)19/h4-5,8H,1-3,6-7H2,(H,18,19)(H2,15,16,20). The fraction of sp³-hybridized carbons (Fsp3) is 0.357. The Morgan fingerprint density at radius 3 is 2.80 bits per heavy atom. The van der Waals surface area contributed by atoms with Crippen LogP contribution in [0.1, 0.15) is 35.2 Å². The number of rotatable bonds is 5. The van der Waals surface area contributed by atoms with Gasteiger partial charge in [0.05, 0.1) is 0 Å². The highest BCUT2D eigenvalue weighted by Gasteiger charge is 2.19. The minimum Gasteiger partial charge on any atom is -0.481 e. The molecule has 6 heteroatoms. The Hall–Kier alpha value is -2.37. The smallest absolute Gasteiger partial charge is 0.319 e. The molecular formula is C14H16N2O4. The molecule has 0 aromatic heterocycles. The van der Waals surface area contributed by atoms with Crippen molar-refractivity contribution in [1.29, 1.82) is 0 Å². The van der Waals surface area contributed by atoms with Gasteiger partial charge in [-0.3, -0.25) is 9.59 Å². The van der Waals surface area contributed by atoms with Gasteiger partial charge in [-0.2, -0.15) is 0 Å². The number of fused-ring (bicyclic) bond motifs is 1. The van der Waals surface area contributed by atoms with Crippen LogP contribution < -0.4 is 10.6 Å². The number of aliphatic carboxylic acids is 1. The van der Waals surface area contributed by atoms with Crippen molar-refractivity contribution >= 4 is 23.5 Å². The van der Waals surface area contributed by atoms with Gasteiger partial charge in [0, 0.05) is 30.6 Å². The topological polar surface area (TPSA) is 95.5 Å². The number of hydrogen-bond donors (Lipinski definition) is 3. The first-order valence-electron chi connectivity index (χ1n) is 6.49. The van der Waals surface area contributed by atoms with E-state index in [1.54, 1.807) is 18.2 Å². The number of hydrogen-bond acceptors (Lipinski definition) is 3. The monoisotopic (exact) mass is 276 g/mol. The van der Waals surface area contributed by atoms with Crippen molar-refractivity contribution in [2.75, 3.05) is 11.9 Å². The number of aryl methyl sites for hydroxylation is 1. The molecule has 1 aliphatic rings. The molecule has 1 aromatic rings. The van der Waals surface area contributed by atoms with Crippen LogP contribution in [0.25, 0.3) is 0 Å². The molecule has 2 rings (SSSR count). The first-order valence-corrected chi connectivity index (χ1v) is 6.49. The van der Waals surface area contributed by atoms with Crippen LogP contribution in [0.4, 0.5) is 10.5 Å². The summed E-state index contributed by atoms with van der Waals surface area (Å²) in [5.41, 5.74) is 2.32. The van der Waals surface area contributed by atoms with Gasteiger partial charge in [-0.1, -0.05) is 0 Å². The van der Waals surface area contributed by atoms with E-state index < -0.39 is 5.97 Å². The van der Waals surface area contributed by atoms with E-state index in [1.807, 2.05) is 0 Å². The molecule has 3 N–H and O–H groups in total. The van der Waals surface area contributed by atoms with E-state index in [4.69, 9.17) is 5.11 Å². The first-order chi connectivity index (χ1) is 9.56. The van der Waals surface area contributed by atoms with Crippen LogP contribution >= 0.6 is 0 Å². The number of carboxylic acid groups (broad SMARTS) is 1. The third-order valence-electron chi connectivity index (χ3n) is 3.14. The average molecular weight is 276 g/mol. The van der Waals surface area contributed by atoms with E-state index in [9.17, 15) is 14.4 Å². The second kappa shape index (κ2) is 6.18. The Bertz CT molecular complexity index is 554. The van der Waals surface area contributed by atoms with Crippen molar-refractivity contribution in [2.45, 2.75) is 25.7 Å². The van der Waals surface area contributed by atoms with Gasteiger partial charge in [0.2, 0.25) is 0 Å². The van der Waals surface area contributed by atoms with E-state index >= 15 is 0 Å². The molecule has 0 saturated carbocycles. The number of nitrogens with one attached hydrogen (secondary N) is 2. The fourth-order valence-electron chi connectivity index (χ4n) is 2.15. The van der Waals surface area contributed by atoms with Crippen molar-refractivity contribution in [3.8, 4) is 0 Å². The largest absolute Gasteiger partial charge is 0.481 e. The van der Waals surface area contributed by atoms with Crippen LogP contribution in [0.5, 0.6) is 0 Å². The molecule has 0 spiro atoms. The van der Waals surface area contributed by atoms with Crippen LogP contribution in [0.15, 0.2) is 18.2 Å².